The van der Waals surface area contributed by atoms with Crippen molar-refractivity contribution in [1.82, 2.24) is 0 Å². The lowest BCUT2D eigenvalue weighted by molar-refractivity contribution is -0.113. The van der Waals surface area contributed by atoms with Crippen molar-refractivity contribution in [2.24, 2.45) is 29.1 Å². The lowest BCUT2D eigenvalue weighted by Gasteiger charge is -2.22. The van der Waals surface area contributed by atoms with Crippen LogP contribution in [0.4, 0.5) is 0 Å². The maximum absolute atomic E-state index is 10.7. The molecule has 0 saturated heterocycles. The third-order valence-corrected chi connectivity index (χ3v) is 4.35. The van der Waals surface area contributed by atoms with Crippen molar-refractivity contribution < 1.29 is 4.79 Å². The molecule has 0 heterocycles. The van der Waals surface area contributed by atoms with E-state index in [1.807, 2.05) is 0 Å². The van der Waals surface area contributed by atoms with E-state index in [0.717, 1.165) is 18.3 Å². The Morgan fingerprint density at radius 2 is 1.83 bits per heavy atom. The highest BCUT2D eigenvalue weighted by molar-refractivity contribution is 5.54. The van der Waals surface area contributed by atoms with Gasteiger partial charge in [0, 0.05) is 5.92 Å². The standard InChI is InChI=1S/C11H18O/c1-7-4-9-10(11(9,2)3)5-8(7)6-12/h6-10H,4-5H2,1-3H3/t7?,8-,9-,10+/m0/s1. The highest BCUT2D eigenvalue weighted by Gasteiger charge is 2.60. The van der Waals surface area contributed by atoms with Gasteiger partial charge in [-0.25, -0.2) is 0 Å². The Morgan fingerprint density at radius 1 is 1.25 bits per heavy atom. The van der Waals surface area contributed by atoms with E-state index in [4.69, 9.17) is 0 Å². The van der Waals surface area contributed by atoms with E-state index < -0.39 is 0 Å². The summed E-state index contributed by atoms with van der Waals surface area (Å²) in [6.45, 7) is 6.92. The molecule has 2 saturated carbocycles. The first kappa shape index (κ1) is 8.28. The number of aldehydes is 1. The van der Waals surface area contributed by atoms with Gasteiger partial charge >= 0.3 is 0 Å². The van der Waals surface area contributed by atoms with Crippen molar-refractivity contribution in [3.05, 3.63) is 0 Å². The van der Waals surface area contributed by atoms with Crippen molar-refractivity contribution in [1.29, 1.82) is 0 Å². The van der Waals surface area contributed by atoms with Crippen LogP contribution in [0.25, 0.3) is 0 Å². The van der Waals surface area contributed by atoms with Gasteiger partial charge in [0.15, 0.2) is 0 Å². The second kappa shape index (κ2) is 2.34. The fraction of sp³-hybridized carbons (Fsp3) is 0.909. The van der Waals surface area contributed by atoms with Gasteiger partial charge in [-0.3, -0.25) is 0 Å². The number of rotatable bonds is 1. The summed E-state index contributed by atoms with van der Waals surface area (Å²) in [6.07, 6.45) is 3.61. The molecular weight excluding hydrogens is 148 g/mol. The smallest absolute Gasteiger partial charge is 0.123 e. The average Bonchev–Trinajstić information content (AvgIpc) is 2.52. The van der Waals surface area contributed by atoms with Crippen LogP contribution >= 0.6 is 0 Å². The van der Waals surface area contributed by atoms with E-state index in [2.05, 4.69) is 20.8 Å². The van der Waals surface area contributed by atoms with Gasteiger partial charge in [-0.1, -0.05) is 20.8 Å². The second-order valence-electron chi connectivity index (χ2n) is 5.28. The third-order valence-electron chi connectivity index (χ3n) is 4.35. The van der Waals surface area contributed by atoms with E-state index >= 15 is 0 Å². The number of carbonyl (C=O) groups excluding carboxylic acids is 1. The van der Waals surface area contributed by atoms with Crippen LogP contribution in [-0.4, -0.2) is 6.29 Å². The topological polar surface area (TPSA) is 17.1 Å². The molecule has 0 radical (unpaired) electrons. The zero-order valence-electron chi connectivity index (χ0n) is 8.21. The molecule has 4 atom stereocenters. The van der Waals surface area contributed by atoms with Crippen LogP contribution in [0.1, 0.15) is 33.6 Å². The summed E-state index contributed by atoms with van der Waals surface area (Å²) in [5.74, 6) is 2.76. The minimum atomic E-state index is 0.355. The molecular formula is C11H18O. The maximum Gasteiger partial charge on any atom is 0.123 e. The second-order valence-corrected chi connectivity index (χ2v) is 5.28. The molecule has 1 heteroatoms. The molecule has 2 aliphatic rings. The van der Waals surface area contributed by atoms with Crippen LogP contribution in [0, 0.1) is 29.1 Å². The van der Waals surface area contributed by atoms with Crippen LogP contribution in [0.15, 0.2) is 0 Å². The fourth-order valence-electron chi connectivity index (χ4n) is 3.08. The largest absolute Gasteiger partial charge is 0.303 e. The molecule has 0 aromatic rings. The number of fused-ring (bicyclic) bond motifs is 1. The van der Waals surface area contributed by atoms with E-state index in [0.29, 0.717) is 17.3 Å². The normalized spacial score (nSPS) is 49.6. The molecule has 0 N–H and O–H groups in total. The summed E-state index contributed by atoms with van der Waals surface area (Å²) in [6, 6.07) is 0. The molecule has 0 aromatic carbocycles. The third kappa shape index (κ3) is 0.949. The van der Waals surface area contributed by atoms with Crippen molar-refractivity contribution in [3.8, 4) is 0 Å². The Morgan fingerprint density at radius 3 is 2.42 bits per heavy atom. The fourth-order valence-corrected chi connectivity index (χ4v) is 3.08. The van der Waals surface area contributed by atoms with Gasteiger partial charge < -0.3 is 4.79 Å². The SMILES string of the molecule is CC1C[C@H]2[C@@H](C[C@H]1C=O)C2(C)C. The van der Waals surface area contributed by atoms with E-state index in [1.165, 1.54) is 12.7 Å². The lowest BCUT2D eigenvalue weighted by Crippen LogP contribution is -2.19. The Kier molecular flexibility index (Phi) is 1.61. The molecule has 0 spiro atoms. The molecule has 0 aliphatic heterocycles. The highest BCUT2D eigenvalue weighted by Crippen LogP contribution is 2.66. The minimum Gasteiger partial charge on any atom is -0.303 e. The summed E-state index contributed by atoms with van der Waals surface area (Å²) in [5.41, 5.74) is 0.548. The van der Waals surface area contributed by atoms with Crippen molar-refractivity contribution in [2.75, 3.05) is 0 Å². The maximum atomic E-state index is 10.7. The number of hydrogen-bond donors (Lipinski definition) is 0. The van der Waals surface area contributed by atoms with Gasteiger partial charge in [0.05, 0.1) is 0 Å². The summed E-state index contributed by atoms with van der Waals surface area (Å²) in [4.78, 5) is 10.7. The molecule has 12 heavy (non-hydrogen) atoms. The summed E-state index contributed by atoms with van der Waals surface area (Å²) in [7, 11) is 0. The Bertz CT molecular complexity index is 207. The van der Waals surface area contributed by atoms with E-state index in [9.17, 15) is 4.79 Å². The van der Waals surface area contributed by atoms with Crippen molar-refractivity contribution in [3.63, 3.8) is 0 Å². The zero-order chi connectivity index (χ0) is 8.93. The highest BCUT2D eigenvalue weighted by atomic mass is 16.1. The Hall–Kier alpha value is -0.330. The van der Waals surface area contributed by atoms with Crippen LogP contribution in [0.2, 0.25) is 0 Å². The van der Waals surface area contributed by atoms with Gasteiger partial charge in [-0.15, -0.1) is 0 Å². The quantitative estimate of drug-likeness (QED) is 0.547. The van der Waals surface area contributed by atoms with E-state index in [1.54, 1.807) is 0 Å². The Labute approximate surface area is 74.5 Å². The van der Waals surface area contributed by atoms with Crippen LogP contribution in [-0.2, 0) is 4.79 Å². The van der Waals surface area contributed by atoms with Crippen LogP contribution < -0.4 is 0 Å². The average molecular weight is 166 g/mol. The van der Waals surface area contributed by atoms with Crippen LogP contribution in [0.3, 0.4) is 0 Å². The van der Waals surface area contributed by atoms with Gasteiger partial charge in [-0.05, 0) is 36.0 Å². The summed E-state index contributed by atoms with van der Waals surface area (Å²) in [5, 5.41) is 0. The van der Waals surface area contributed by atoms with Gasteiger partial charge in [0.1, 0.15) is 6.29 Å². The molecule has 0 aromatic heterocycles. The Balaban J connectivity index is 2.08. The first-order valence-electron chi connectivity index (χ1n) is 5.02. The first-order valence-corrected chi connectivity index (χ1v) is 5.02. The molecule has 0 amide bonds. The number of hydrogen-bond acceptors (Lipinski definition) is 1. The molecule has 2 fully saturated rings. The zero-order valence-corrected chi connectivity index (χ0v) is 8.21. The first-order chi connectivity index (χ1) is 5.57. The molecule has 0 bridgehead atoms. The van der Waals surface area contributed by atoms with Gasteiger partial charge in [-0.2, -0.15) is 0 Å². The molecule has 2 aliphatic carbocycles. The van der Waals surface area contributed by atoms with Gasteiger partial charge in [0.2, 0.25) is 0 Å². The van der Waals surface area contributed by atoms with Crippen LogP contribution in [0.5, 0.6) is 0 Å². The minimum absolute atomic E-state index is 0.355. The molecule has 1 unspecified atom stereocenters. The monoisotopic (exact) mass is 166 g/mol. The number of carbonyl (C=O) groups is 1. The molecule has 68 valence electrons. The predicted octanol–water partition coefficient (Wildman–Crippen LogP) is 2.50. The van der Waals surface area contributed by atoms with E-state index in [-0.39, 0.29) is 0 Å². The van der Waals surface area contributed by atoms with Crippen molar-refractivity contribution >= 4 is 6.29 Å². The van der Waals surface area contributed by atoms with Crippen molar-refractivity contribution in [2.45, 2.75) is 33.6 Å². The summed E-state index contributed by atoms with van der Waals surface area (Å²) >= 11 is 0. The molecule has 1 nitrogen and oxygen atoms in total. The summed E-state index contributed by atoms with van der Waals surface area (Å²) < 4.78 is 0. The predicted molar refractivity (Wildman–Crippen MR) is 48.7 cm³/mol. The molecule has 2 rings (SSSR count). The van der Waals surface area contributed by atoms with Gasteiger partial charge in [0.25, 0.3) is 0 Å². The lowest BCUT2D eigenvalue weighted by atomic mass is 9.81.